The molecule has 3 saturated heterocycles. The highest BCUT2D eigenvalue weighted by atomic mass is 31.2. The van der Waals surface area contributed by atoms with Crippen molar-refractivity contribution in [2.75, 3.05) is 18.9 Å². The van der Waals surface area contributed by atoms with Crippen LogP contribution >= 0.6 is 15.4 Å². The molecule has 0 spiro atoms. The lowest BCUT2D eigenvalue weighted by Gasteiger charge is -2.24. The van der Waals surface area contributed by atoms with Crippen LogP contribution in [-0.2, 0) is 32.2 Å². The van der Waals surface area contributed by atoms with Crippen LogP contribution in [0.15, 0.2) is 30.1 Å². The van der Waals surface area contributed by atoms with E-state index in [4.69, 9.17) is 28.8 Å². The molecule has 4 aromatic rings. The molecule has 10 atom stereocenters. The van der Waals surface area contributed by atoms with Crippen LogP contribution in [0.1, 0.15) is 12.5 Å². The number of rotatable bonds is 2. The number of nitrogen functional groups attached to an aromatic ring is 1. The molecule has 43 heavy (non-hydrogen) atoms. The first-order valence-corrected chi connectivity index (χ1v) is 15.6. The monoisotopic (exact) mass is 647 g/mol. The van der Waals surface area contributed by atoms with Gasteiger partial charge in [-0.05, 0) is 0 Å². The molecule has 7 rings (SSSR count). The van der Waals surface area contributed by atoms with Crippen LogP contribution in [0, 0.1) is 0 Å². The lowest BCUT2D eigenvalue weighted by Crippen LogP contribution is -2.34. The van der Waals surface area contributed by atoms with Crippen molar-refractivity contribution in [1.82, 2.24) is 39.0 Å². The minimum Gasteiger partial charge on any atom is -0.382 e. The number of aromatic nitrogens is 8. The normalized spacial score (nSPS) is 38.6. The summed E-state index contributed by atoms with van der Waals surface area (Å²) < 4.78 is 87.0. The number of halogens is 2. The van der Waals surface area contributed by atoms with E-state index in [9.17, 15) is 23.7 Å². The molecule has 23 heteroatoms. The Hall–Kier alpha value is -3.26. The number of ether oxygens (including phenoxy) is 2. The number of phosphoric acid groups is 1. The fourth-order valence-corrected chi connectivity index (χ4v) is 7.93. The fourth-order valence-electron chi connectivity index (χ4n) is 5.36. The van der Waals surface area contributed by atoms with Gasteiger partial charge in [0, 0.05) is 0 Å². The number of nitrogens with zero attached hydrogens (tertiary/aromatic N) is 7. The van der Waals surface area contributed by atoms with Gasteiger partial charge in [-0.2, -0.15) is 0 Å². The smallest absolute Gasteiger partial charge is 0.382 e. The van der Waals surface area contributed by atoms with Gasteiger partial charge in [-0.3, -0.25) is 27.5 Å². The van der Waals surface area contributed by atoms with Crippen LogP contribution in [0.25, 0.3) is 22.3 Å². The number of H-pyrrole nitrogens is 1. The Morgan fingerprint density at radius 3 is 2.33 bits per heavy atom. The molecule has 6 unspecified atom stereocenters. The molecule has 230 valence electrons. The lowest BCUT2D eigenvalue weighted by atomic mass is 10.1. The molecule has 0 amide bonds. The Labute approximate surface area is 237 Å². The number of imidazole rings is 2. The summed E-state index contributed by atoms with van der Waals surface area (Å²) in [4.78, 5) is 55.5. The number of anilines is 1. The summed E-state index contributed by atoms with van der Waals surface area (Å²) >= 11 is 0. The number of alkyl halides is 2. The van der Waals surface area contributed by atoms with Gasteiger partial charge in [-0.25, -0.2) is 38.3 Å². The van der Waals surface area contributed by atoms with E-state index < -0.39 is 83.0 Å². The molecule has 7 heterocycles. The summed E-state index contributed by atoms with van der Waals surface area (Å²) in [5.74, 6) is -0.00729. The van der Waals surface area contributed by atoms with E-state index in [2.05, 4.69) is 29.9 Å². The quantitative estimate of drug-likeness (QED) is 0.210. The van der Waals surface area contributed by atoms with Crippen LogP contribution in [0.5, 0.6) is 0 Å². The molecule has 3 fully saturated rings. The molecule has 0 bridgehead atoms. The van der Waals surface area contributed by atoms with Crippen LogP contribution in [0.2, 0.25) is 0 Å². The second-order valence-corrected chi connectivity index (χ2v) is 13.2. The third-order valence-corrected chi connectivity index (χ3v) is 10.2. The number of phosphoric ester groups is 1. The summed E-state index contributed by atoms with van der Waals surface area (Å²) in [5.41, 5.74) is 3.17. The van der Waals surface area contributed by atoms with Gasteiger partial charge >= 0.3 is 15.4 Å². The van der Waals surface area contributed by atoms with Gasteiger partial charge < -0.3 is 34.5 Å². The molecule has 4 aromatic heterocycles. The van der Waals surface area contributed by atoms with Crippen molar-refractivity contribution in [3.63, 3.8) is 0 Å². The number of aromatic amines is 1. The van der Waals surface area contributed by atoms with Gasteiger partial charge in [0.05, 0.1) is 32.2 Å². The van der Waals surface area contributed by atoms with Crippen LogP contribution in [0.3, 0.4) is 0 Å². The Morgan fingerprint density at radius 1 is 0.907 bits per heavy atom. The third kappa shape index (κ3) is 4.68. The van der Waals surface area contributed by atoms with Crippen molar-refractivity contribution < 1.29 is 50.7 Å². The van der Waals surface area contributed by atoms with Crippen molar-refractivity contribution in [1.29, 1.82) is 0 Å². The number of fused-ring (bicyclic) bond motifs is 4. The van der Waals surface area contributed by atoms with Crippen molar-refractivity contribution in [3.8, 4) is 0 Å². The summed E-state index contributed by atoms with van der Waals surface area (Å²) in [6.45, 7) is -1.81. The second-order valence-electron chi connectivity index (χ2n) is 9.84. The van der Waals surface area contributed by atoms with Gasteiger partial charge in [-0.1, -0.05) is 0 Å². The van der Waals surface area contributed by atoms with Crippen molar-refractivity contribution in [3.05, 3.63) is 35.7 Å². The van der Waals surface area contributed by atoms with Crippen molar-refractivity contribution in [2.45, 2.75) is 48.8 Å². The average molecular weight is 647 g/mol. The Balaban J connectivity index is 1.20. The highest BCUT2D eigenvalue weighted by Crippen LogP contribution is 2.59. The second kappa shape index (κ2) is 10.1. The summed E-state index contributed by atoms with van der Waals surface area (Å²) in [7, 11) is -10.1. The Morgan fingerprint density at radius 2 is 1.56 bits per heavy atom. The fraction of sp³-hybridized carbons (Fsp3) is 0.500. The first kappa shape index (κ1) is 28.5. The molecule has 0 radical (unpaired) electrons. The van der Waals surface area contributed by atoms with E-state index in [0.29, 0.717) is 0 Å². The molecule has 3 aliphatic rings. The third-order valence-electron chi connectivity index (χ3n) is 7.32. The molecule has 0 aliphatic carbocycles. The number of hydrogen-bond donors (Lipinski definition) is 4. The van der Waals surface area contributed by atoms with E-state index in [1.165, 1.54) is 0 Å². The standard InChI is InChI=1S/C20H21F2N9O10P2/c21-9-13-7(39-19(9)31-6-29-12-17(31)26-4-27-18(12)32)1-37-42(33,34)14-8(2-38-43(35,36)41-13)40-20(10(14)22)30-5-28-11-15(23)24-3-25-16(11)30/h3-10,13-14,19-20H,1-2H2,(H,33,34)(H,35,36)(H2,23,24,25)(H,26,27,32)/t7?,8?,9-,10-,13-,14-,19?,20?/m1/s1. The summed E-state index contributed by atoms with van der Waals surface area (Å²) in [6, 6.07) is 0. The van der Waals surface area contributed by atoms with E-state index >= 15 is 8.78 Å². The minimum absolute atomic E-state index is 0.00729. The maximum atomic E-state index is 16.0. The summed E-state index contributed by atoms with van der Waals surface area (Å²) in [5, 5.41) is 0. The first-order chi connectivity index (χ1) is 20.4. The van der Waals surface area contributed by atoms with Crippen LogP contribution < -0.4 is 11.3 Å². The van der Waals surface area contributed by atoms with Gasteiger partial charge in [-0.15, -0.1) is 0 Å². The maximum absolute atomic E-state index is 16.0. The zero-order valence-electron chi connectivity index (χ0n) is 21.4. The van der Waals surface area contributed by atoms with Gasteiger partial charge in [0.25, 0.3) is 5.56 Å². The van der Waals surface area contributed by atoms with E-state index in [0.717, 1.165) is 34.4 Å². The maximum Gasteiger partial charge on any atom is 0.472 e. The Kier molecular flexibility index (Phi) is 6.73. The summed E-state index contributed by atoms with van der Waals surface area (Å²) in [6.07, 6.45) is -8.44. The van der Waals surface area contributed by atoms with E-state index in [-0.39, 0.29) is 28.1 Å². The van der Waals surface area contributed by atoms with Crippen molar-refractivity contribution >= 4 is 43.6 Å². The number of nitrogens with two attached hydrogens (primary N) is 1. The zero-order valence-corrected chi connectivity index (χ0v) is 23.1. The molecular formula is C20H21F2N9O10P2. The molecular weight excluding hydrogens is 626 g/mol. The highest BCUT2D eigenvalue weighted by Gasteiger charge is 2.58. The average Bonchev–Trinajstić information content (AvgIpc) is 3.71. The Bertz CT molecular complexity index is 1870. The lowest BCUT2D eigenvalue weighted by molar-refractivity contribution is -0.0460. The SMILES string of the molecule is Nc1ncnc2c1ncn2C1OC2COP(=O)(O)O[C@@H]3C(COP(=O)(O)[C@H]2[C@H]1F)OC(n1cnc2c(=O)[nH]cnc21)[C@@H]3F. The largest absolute Gasteiger partial charge is 0.472 e. The topological polar surface area (TPSA) is 254 Å². The molecule has 19 nitrogen and oxygen atoms in total. The molecule has 0 saturated carbocycles. The van der Waals surface area contributed by atoms with Crippen molar-refractivity contribution in [2.24, 2.45) is 0 Å². The predicted molar refractivity (Wildman–Crippen MR) is 136 cm³/mol. The molecule has 5 N–H and O–H groups in total. The van der Waals surface area contributed by atoms with Gasteiger partial charge in [0.15, 0.2) is 47.4 Å². The number of nitrogens with one attached hydrogen (secondary N) is 1. The van der Waals surface area contributed by atoms with E-state index in [1.807, 2.05) is 0 Å². The number of hydrogen-bond acceptors (Lipinski definition) is 14. The van der Waals surface area contributed by atoms with Crippen LogP contribution in [0.4, 0.5) is 14.6 Å². The highest BCUT2D eigenvalue weighted by molar-refractivity contribution is 7.53. The van der Waals surface area contributed by atoms with Gasteiger partial charge in [0.1, 0.15) is 35.8 Å². The zero-order chi connectivity index (χ0) is 30.3. The molecule has 0 aromatic carbocycles. The van der Waals surface area contributed by atoms with Gasteiger partial charge in [0.2, 0.25) is 0 Å². The first-order valence-electron chi connectivity index (χ1n) is 12.5. The minimum atomic E-state index is -5.13. The van der Waals surface area contributed by atoms with E-state index in [1.54, 1.807) is 0 Å². The van der Waals surface area contributed by atoms with Crippen LogP contribution in [-0.4, -0.2) is 98.4 Å². The predicted octanol–water partition coefficient (Wildman–Crippen LogP) is 0.0991. The molecule has 3 aliphatic heterocycles.